The van der Waals surface area contributed by atoms with Crippen LogP contribution in [0.4, 0.5) is 5.69 Å². The van der Waals surface area contributed by atoms with Crippen LogP contribution in [-0.2, 0) is 0 Å². The highest BCUT2D eigenvalue weighted by molar-refractivity contribution is 6.30. The van der Waals surface area contributed by atoms with E-state index in [2.05, 4.69) is 17.9 Å². The van der Waals surface area contributed by atoms with Crippen LogP contribution in [0.2, 0.25) is 5.02 Å². The molecule has 1 rings (SSSR count). The average molecular weight is 156 g/mol. The second-order valence-corrected chi connectivity index (χ2v) is 2.25. The summed E-state index contributed by atoms with van der Waals surface area (Å²) in [6, 6.07) is 7.38. The molecule has 0 aliphatic carbocycles. The van der Waals surface area contributed by atoms with Crippen molar-refractivity contribution >= 4 is 17.3 Å². The van der Waals surface area contributed by atoms with Crippen molar-refractivity contribution < 1.29 is 0 Å². The highest BCUT2D eigenvalue weighted by atomic mass is 35.5. The third-order valence-electron chi connectivity index (χ3n) is 1.06. The van der Waals surface area contributed by atoms with E-state index in [1.165, 1.54) is 0 Å². The van der Waals surface area contributed by atoms with Crippen LogP contribution in [0, 0.1) is 7.05 Å². The van der Waals surface area contributed by atoms with Gasteiger partial charge >= 0.3 is 0 Å². The summed E-state index contributed by atoms with van der Waals surface area (Å²) >= 11 is 5.69. The highest BCUT2D eigenvalue weighted by Gasteiger charge is 1.88. The van der Waals surface area contributed by atoms with Crippen LogP contribution in [-0.4, -0.2) is 0 Å². The fourth-order valence-corrected chi connectivity index (χ4v) is 0.859. The van der Waals surface area contributed by atoms with Gasteiger partial charge in [0.1, 0.15) is 0 Å². The van der Waals surface area contributed by atoms with Gasteiger partial charge < -0.3 is 5.43 Å². The topological polar surface area (TPSA) is 24.1 Å². The molecule has 0 amide bonds. The maximum atomic E-state index is 5.69. The van der Waals surface area contributed by atoms with Gasteiger partial charge in [-0.15, -0.1) is 0 Å². The molecule has 1 radical (unpaired) electrons. The lowest BCUT2D eigenvalue weighted by Gasteiger charge is -2.02. The maximum Gasteiger partial charge on any atom is 0.0502 e. The first-order chi connectivity index (χ1) is 4.83. The zero-order valence-corrected chi connectivity index (χ0v) is 6.15. The van der Waals surface area contributed by atoms with Crippen molar-refractivity contribution in [2.75, 3.05) is 5.43 Å². The van der Waals surface area contributed by atoms with Gasteiger partial charge in [0.25, 0.3) is 0 Å². The predicted octanol–water partition coefficient (Wildman–Crippen LogP) is 2.05. The van der Waals surface area contributed by atoms with Gasteiger partial charge in [0.2, 0.25) is 0 Å². The molecule has 0 saturated carbocycles. The van der Waals surface area contributed by atoms with Crippen LogP contribution in [0.15, 0.2) is 24.3 Å². The average Bonchev–Trinajstić information content (AvgIpc) is 1.88. The molecule has 0 aliphatic rings. The monoisotopic (exact) mass is 155 g/mol. The lowest BCUT2D eigenvalue weighted by Crippen LogP contribution is -2.11. The van der Waals surface area contributed by atoms with E-state index in [1.807, 2.05) is 18.2 Å². The summed E-state index contributed by atoms with van der Waals surface area (Å²) in [5.74, 6) is 0. The molecular formula is C7H8ClN2. The molecule has 0 heterocycles. The summed E-state index contributed by atoms with van der Waals surface area (Å²) in [5.41, 5.74) is 6.26. The Morgan fingerprint density at radius 3 is 2.80 bits per heavy atom. The first-order valence-electron chi connectivity index (χ1n) is 2.86. The molecule has 1 aromatic carbocycles. The number of benzene rings is 1. The van der Waals surface area contributed by atoms with E-state index in [0.717, 1.165) is 5.69 Å². The van der Waals surface area contributed by atoms with Crippen molar-refractivity contribution in [1.82, 2.24) is 5.43 Å². The van der Waals surface area contributed by atoms with Gasteiger partial charge in [-0.3, -0.25) is 0 Å². The van der Waals surface area contributed by atoms with Gasteiger partial charge in [0, 0.05) is 12.1 Å². The molecule has 0 aromatic heterocycles. The molecule has 2 nitrogen and oxygen atoms in total. The number of hydrogen-bond donors (Lipinski definition) is 2. The van der Waals surface area contributed by atoms with Crippen LogP contribution in [0.5, 0.6) is 0 Å². The third kappa shape index (κ3) is 1.90. The summed E-state index contributed by atoms with van der Waals surface area (Å²) < 4.78 is 0. The van der Waals surface area contributed by atoms with E-state index in [0.29, 0.717) is 5.02 Å². The molecular weight excluding hydrogens is 148 g/mol. The molecule has 0 fully saturated rings. The fraction of sp³-hybridized carbons (Fsp3) is 0. The number of nitrogens with one attached hydrogen (secondary N) is 2. The fourth-order valence-electron chi connectivity index (χ4n) is 0.668. The second-order valence-electron chi connectivity index (χ2n) is 1.81. The molecule has 53 valence electrons. The lowest BCUT2D eigenvalue weighted by atomic mass is 10.3. The van der Waals surface area contributed by atoms with Crippen molar-refractivity contribution in [3.05, 3.63) is 36.3 Å². The Kier molecular flexibility index (Phi) is 2.54. The van der Waals surface area contributed by atoms with Crippen molar-refractivity contribution in [3.63, 3.8) is 0 Å². The largest absolute Gasteiger partial charge is 0.321 e. The minimum atomic E-state index is 0.709. The molecule has 0 saturated heterocycles. The SMILES string of the molecule is [CH2]NNc1cccc(Cl)c1. The van der Waals surface area contributed by atoms with Crippen LogP contribution in [0.25, 0.3) is 0 Å². The lowest BCUT2D eigenvalue weighted by molar-refractivity contribution is 1.06. The minimum Gasteiger partial charge on any atom is -0.321 e. The Morgan fingerprint density at radius 1 is 1.40 bits per heavy atom. The number of hydrogen-bond acceptors (Lipinski definition) is 2. The second kappa shape index (κ2) is 3.44. The summed E-state index contributed by atoms with van der Waals surface area (Å²) in [6.07, 6.45) is 0. The quantitative estimate of drug-likeness (QED) is 0.639. The van der Waals surface area contributed by atoms with E-state index in [9.17, 15) is 0 Å². The third-order valence-corrected chi connectivity index (χ3v) is 1.29. The molecule has 3 heteroatoms. The Bertz CT molecular complexity index is 213. The predicted molar refractivity (Wildman–Crippen MR) is 43.6 cm³/mol. The van der Waals surface area contributed by atoms with Crippen molar-refractivity contribution in [2.45, 2.75) is 0 Å². The maximum absolute atomic E-state index is 5.69. The zero-order valence-electron chi connectivity index (χ0n) is 5.39. The van der Waals surface area contributed by atoms with Gasteiger partial charge in [-0.25, -0.2) is 5.43 Å². The zero-order chi connectivity index (χ0) is 7.40. The molecule has 0 spiro atoms. The van der Waals surface area contributed by atoms with Gasteiger partial charge in [-0.05, 0) is 18.2 Å². The van der Waals surface area contributed by atoms with Gasteiger partial charge in [0.15, 0.2) is 0 Å². The van der Waals surface area contributed by atoms with Crippen molar-refractivity contribution in [2.24, 2.45) is 0 Å². The Balaban J connectivity index is 2.75. The summed E-state index contributed by atoms with van der Waals surface area (Å²) in [6.45, 7) is 0. The molecule has 10 heavy (non-hydrogen) atoms. The number of hydrazine groups is 1. The first-order valence-corrected chi connectivity index (χ1v) is 3.24. The smallest absolute Gasteiger partial charge is 0.0502 e. The summed E-state index contributed by atoms with van der Waals surface area (Å²) in [7, 11) is 3.41. The van der Waals surface area contributed by atoms with Crippen LogP contribution in [0.3, 0.4) is 0 Å². The van der Waals surface area contributed by atoms with Gasteiger partial charge in [-0.1, -0.05) is 17.7 Å². The molecule has 1 aromatic rings. The van der Waals surface area contributed by atoms with Gasteiger partial charge in [0.05, 0.1) is 5.69 Å². The van der Waals surface area contributed by atoms with Crippen LogP contribution in [0.1, 0.15) is 0 Å². The summed E-state index contributed by atoms with van der Waals surface area (Å²) in [4.78, 5) is 0. The van der Waals surface area contributed by atoms with E-state index in [-0.39, 0.29) is 0 Å². The molecule has 0 aliphatic heterocycles. The van der Waals surface area contributed by atoms with E-state index >= 15 is 0 Å². The molecule has 0 bridgehead atoms. The molecule has 0 unspecified atom stereocenters. The Hall–Kier alpha value is -0.730. The number of halogens is 1. The van der Waals surface area contributed by atoms with Crippen molar-refractivity contribution in [1.29, 1.82) is 0 Å². The van der Waals surface area contributed by atoms with E-state index in [4.69, 9.17) is 11.6 Å². The van der Waals surface area contributed by atoms with Crippen LogP contribution >= 0.6 is 11.6 Å². The van der Waals surface area contributed by atoms with Gasteiger partial charge in [-0.2, -0.15) is 0 Å². The van der Waals surface area contributed by atoms with Crippen LogP contribution < -0.4 is 10.9 Å². The normalized spacial score (nSPS) is 9.40. The standard InChI is InChI=1S/C7H8ClN2/c1-9-10-7-4-2-3-6(8)5-7/h2-5,9-10H,1H2. The molecule has 0 atom stereocenters. The summed E-state index contributed by atoms with van der Waals surface area (Å²) in [5, 5.41) is 0.709. The van der Waals surface area contributed by atoms with E-state index < -0.39 is 0 Å². The number of anilines is 1. The highest BCUT2D eigenvalue weighted by Crippen LogP contribution is 2.13. The Morgan fingerprint density at radius 2 is 2.20 bits per heavy atom. The van der Waals surface area contributed by atoms with E-state index in [1.54, 1.807) is 6.07 Å². The van der Waals surface area contributed by atoms with Crippen molar-refractivity contribution in [3.8, 4) is 0 Å². The first kappa shape index (κ1) is 7.38. The Labute approximate surface area is 65.2 Å². The molecule has 2 N–H and O–H groups in total. The number of rotatable bonds is 2. The minimum absolute atomic E-state index is 0.709.